The molecule has 8 saturated carbocycles. The van der Waals surface area contributed by atoms with E-state index in [0.29, 0.717) is 79.3 Å². The quantitative estimate of drug-likeness (QED) is 0.108. The first-order valence-electron chi connectivity index (χ1n) is 20.8. The Bertz CT molecular complexity index is 1950. The van der Waals surface area contributed by atoms with Crippen molar-refractivity contribution in [3.63, 3.8) is 0 Å². The molecule has 11 rings (SSSR count). The molecule has 310 valence electrons. The van der Waals surface area contributed by atoms with Crippen molar-refractivity contribution < 1.29 is 44.3 Å². The van der Waals surface area contributed by atoms with Crippen molar-refractivity contribution in [2.24, 2.45) is 34.5 Å². The van der Waals surface area contributed by atoms with Gasteiger partial charge in [0, 0.05) is 0 Å². The predicted molar refractivity (Wildman–Crippen MR) is 227 cm³/mol. The molecule has 4 unspecified atom stereocenters. The SMILES string of the molecule is C=Cc1ccc(OCC(=O)OC23CC4CC(C2)CC(C(=O)OI(OC(=O)C25CC6CC(CC(OC(=O)COc7ccc(C=C)cc7)(C6)C2)C5)c2ccccc2)(C4)C3)cc1. The van der Waals surface area contributed by atoms with Gasteiger partial charge in [-0.25, -0.2) is 0 Å². The van der Waals surface area contributed by atoms with Crippen LogP contribution in [0.1, 0.15) is 88.2 Å². The Hall–Kier alpha value is -4.65. The van der Waals surface area contributed by atoms with Gasteiger partial charge in [0.2, 0.25) is 0 Å². The van der Waals surface area contributed by atoms with E-state index in [2.05, 4.69) is 13.2 Å². The molecule has 8 aliphatic carbocycles. The van der Waals surface area contributed by atoms with Crippen LogP contribution in [0.2, 0.25) is 0 Å². The number of carbonyl (C=O) groups excluding carboxylic acids is 4. The topological polar surface area (TPSA) is 124 Å². The van der Waals surface area contributed by atoms with Crippen molar-refractivity contribution in [1.82, 2.24) is 0 Å². The zero-order chi connectivity index (χ0) is 40.8. The van der Waals surface area contributed by atoms with Crippen LogP contribution in [0.5, 0.6) is 11.5 Å². The third-order valence-electron chi connectivity index (χ3n) is 13.7. The molecule has 3 aromatic carbocycles. The molecule has 11 heteroatoms. The standard InChI is InChI=1S/C48H51IO10/c1-3-32-10-14-39(15-11-32)54-28-41(50)56-47-24-34-18-35(25-47)21-45(20-34,30-47)43(52)58-49(38-8-6-5-7-9-38)59-44(53)46-22-36-19-37(23-46)27-48(26-36,31-46)57-42(51)29-55-40-16-12-33(4-2)13-17-40/h3-17,34-37H,1-2,18-31H2. The molecule has 8 bridgehead atoms. The van der Waals surface area contributed by atoms with Gasteiger partial charge in [0.15, 0.2) is 0 Å². The van der Waals surface area contributed by atoms with E-state index in [1.165, 1.54) is 0 Å². The molecule has 0 heterocycles. The second kappa shape index (κ2) is 15.7. The minimum absolute atomic E-state index is 0.222. The second-order valence-corrected chi connectivity index (χ2v) is 21.5. The van der Waals surface area contributed by atoms with E-state index in [1.807, 2.05) is 54.6 Å². The molecule has 0 amide bonds. The zero-order valence-corrected chi connectivity index (χ0v) is 35.4. The van der Waals surface area contributed by atoms with Crippen LogP contribution in [0.15, 0.2) is 92.0 Å². The zero-order valence-electron chi connectivity index (χ0n) is 33.2. The van der Waals surface area contributed by atoms with E-state index < -0.39 is 54.6 Å². The van der Waals surface area contributed by atoms with Gasteiger partial charge in [0.1, 0.15) is 0 Å². The molecule has 0 aliphatic heterocycles. The molecule has 59 heavy (non-hydrogen) atoms. The molecule has 0 radical (unpaired) electrons. The number of esters is 2. The first-order chi connectivity index (χ1) is 28.5. The molecule has 3 aromatic rings. The van der Waals surface area contributed by atoms with Gasteiger partial charge in [-0.15, -0.1) is 0 Å². The normalized spacial score (nSPS) is 32.0. The Morgan fingerprint density at radius 2 is 0.949 bits per heavy atom. The summed E-state index contributed by atoms with van der Waals surface area (Å²) in [5.41, 5.74) is -1.32. The molecule has 4 atom stereocenters. The van der Waals surface area contributed by atoms with Crippen LogP contribution in [0.3, 0.4) is 0 Å². The summed E-state index contributed by atoms with van der Waals surface area (Å²) < 4.78 is 37.8. The monoisotopic (exact) mass is 914 g/mol. The summed E-state index contributed by atoms with van der Waals surface area (Å²) in [6, 6.07) is 24.0. The van der Waals surface area contributed by atoms with E-state index in [4.69, 9.17) is 25.1 Å². The molecular formula is C48H51IO10. The molecular weight excluding hydrogens is 863 g/mol. The number of hydrogen-bond donors (Lipinski definition) is 0. The molecule has 0 aromatic heterocycles. The van der Waals surface area contributed by atoms with Gasteiger partial charge in [-0.3, -0.25) is 0 Å². The van der Waals surface area contributed by atoms with E-state index in [9.17, 15) is 19.2 Å². The van der Waals surface area contributed by atoms with Crippen molar-refractivity contribution in [2.75, 3.05) is 13.2 Å². The number of carbonyl (C=O) groups is 4. The third kappa shape index (κ3) is 8.15. The molecule has 0 spiro atoms. The maximum atomic E-state index is 14.6. The number of halogens is 1. The number of ether oxygens (including phenoxy) is 4. The summed E-state index contributed by atoms with van der Waals surface area (Å²) in [4.78, 5) is 55.8. The predicted octanol–water partition coefficient (Wildman–Crippen LogP) is 9.49. The van der Waals surface area contributed by atoms with Gasteiger partial charge in [0.05, 0.1) is 0 Å². The van der Waals surface area contributed by atoms with Crippen molar-refractivity contribution in [1.29, 1.82) is 0 Å². The van der Waals surface area contributed by atoms with Crippen LogP contribution in [-0.4, -0.2) is 48.3 Å². The van der Waals surface area contributed by atoms with Gasteiger partial charge in [-0.2, -0.15) is 0 Å². The van der Waals surface area contributed by atoms with Gasteiger partial charge >= 0.3 is 319 Å². The summed E-state index contributed by atoms with van der Waals surface area (Å²) in [7, 11) is 0. The van der Waals surface area contributed by atoms with Crippen LogP contribution in [0.4, 0.5) is 0 Å². The van der Waals surface area contributed by atoms with Crippen molar-refractivity contribution in [3.05, 3.63) is 107 Å². The van der Waals surface area contributed by atoms with Crippen LogP contribution >= 0.6 is 20.6 Å². The molecule has 10 nitrogen and oxygen atoms in total. The Morgan fingerprint density at radius 3 is 1.32 bits per heavy atom. The van der Waals surface area contributed by atoms with Crippen LogP contribution in [0, 0.1) is 38.1 Å². The van der Waals surface area contributed by atoms with Gasteiger partial charge in [-0.05, 0) is 11.1 Å². The van der Waals surface area contributed by atoms with Crippen LogP contribution in [-0.2, 0) is 34.8 Å². The fourth-order valence-electron chi connectivity index (χ4n) is 12.2. The molecule has 0 N–H and O–H groups in total. The minimum atomic E-state index is -3.38. The summed E-state index contributed by atoms with van der Waals surface area (Å²) in [6.07, 6.45) is 11.7. The first kappa shape index (κ1) is 39.8. The van der Waals surface area contributed by atoms with E-state index >= 15 is 0 Å². The van der Waals surface area contributed by atoms with E-state index in [0.717, 1.165) is 24.0 Å². The average molecular weight is 915 g/mol. The van der Waals surface area contributed by atoms with Crippen molar-refractivity contribution in [2.45, 2.75) is 88.3 Å². The van der Waals surface area contributed by atoms with Gasteiger partial charge in [0.25, 0.3) is 0 Å². The van der Waals surface area contributed by atoms with E-state index in [-0.39, 0.29) is 48.8 Å². The third-order valence-corrected chi connectivity index (χ3v) is 17.0. The van der Waals surface area contributed by atoms with Crippen LogP contribution < -0.4 is 9.47 Å². The fourth-order valence-corrected chi connectivity index (χ4v) is 15.5. The molecule has 8 aliphatic rings. The summed E-state index contributed by atoms with van der Waals surface area (Å²) in [5, 5.41) is 0. The number of hydrogen-bond acceptors (Lipinski definition) is 10. The summed E-state index contributed by atoms with van der Waals surface area (Å²) in [6.45, 7) is 7.08. The Kier molecular flexibility index (Phi) is 10.6. The summed E-state index contributed by atoms with van der Waals surface area (Å²) in [5.74, 6) is 0.376. The number of benzene rings is 3. The van der Waals surface area contributed by atoms with Crippen molar-refractivity contribution >= 4 is 56.7 Å². The maximum absolute atomic E-state index is 14.6. The van der Waals surface area contributed by atoms with Gasteiger partial charge < -0.3 is 0 Å². The fraction of sp³-hybridized carbons (Fsp3) is 0.458. The second-order valence-electron chi connectivity index (χ2n) is 18.2. The molecule has 0 saturated heterocycles. The summed E-state index contributed by atoms with van der Waals surface area (Å²) >= 11 is -3.38. The Balaban J connectivity index is 0.880. The Labute approximate surface area is 353 Å². The van der Waals surface area contributed by atoms with Gasteiger partial charge in [-0.1, -0.05) is 25.3 Å². The van der Waals surface area contributed by atoms with E-state index in [1.54, 1.807) is 36.4 Å². The first-order valence-corrected chi connectivity index (χ1v) is 23.7. The van der Waals surface area contributed by atoms with Crippen LogP contribution in [0.25, 0.3) is 12.2 Å². The Morgan fingerprint density at radius 1 is 0.559 bits per heavy atom. The van der Waals surface area contributed by atoms with Crippen molar-refractivity contribution in [3.8, 4) is 11.5 Å². The molecule has 8 fully saturated rings. The number of rotatable bonds is 15. The average Bonchev–Trinajstić information content (AvgIpc) is 3.21.